The molecular weight excluding hydrogens is 403 g/mol. The Bertz CT molecular complexity index is 826. The van der Waals surface area contributed by atoms with Crippen molar-refractivity contribution >= 4 is 27.7 Å². The van der Waals surface area contributed by atoms with Gasteiger partial charge in [0.25, 0.3) is 5.91 Å². The highest BCUT2D eigenvalue weighted by Crippen LogP contribution is 2.27. The smallest absolute Gasteiger partial charge is 0.254 e. The van der Waals surface area contributed by atoms with E-state index >= 15 is 0 Å². The Labute approximate surface area is 159 Å². The average molecular weight is 421 g/mol. The van der Waals surface area contributed by atoms with Crippen molar-refractivity contribution in [2.45, 2.75) is 19.4 Å². The molecule has 0 bridgehead atoms. The third kappa shape index (κ3) is 3.88. The summed E-state index contributed by atoms with van der Waals surface area (Å²) in [6.07, 6.45) is 0.505. The van der Waals surface area contributed by atoms with E-state index in [0.29, 0.717) is 25.3 Å². The summed E-state index contributed by atoms with van der Waals surface area (Å²) in [6.45, 7) is 2.64. The number of piperazine rings is 1. The molecule has 0 saturated carbocycles. The molecule has 1 aliphatic heterocycles. The van der Waals surface area contributed by atoms with Gasteiger partial charge in [0.15, 0.2) is 11.6 Å². The summed E-state index contributed by atoms with van der Waals surface area (Å²) in [5.74, 6) is -0.644. The van der Waals surface area contributed by atoms with Gasteiger partial charge in [0.2, 0.25) is 5.91 Å². The van der Waals surface area contributed by atoms with Crippen molar-refractivity contribution in [1.82, 2.24) is 10.2 Å². The number of ether oxygens (including phenoxy) is 1. The minimum atomic E-state index is -0.631. The molecule has 2 aromatic carbocycles. The lowest BCUT2D eigenvalue weighted by Gasteiger charge is -2.34. The summed E-state index contributed by atoms with van der Waals surface area (Å²) in [4.78, 5) is 26.1. The molecule has 7 heteroatoms. The quantitative estimate of drug-likeness (QED) is 0.819. The summed E-state index contributed by atoms with van der Waals surface area (Å²) in [6, 6.07) is 10.6. The van der Waals surface area contributed by atoms with Crippen LogP contribution < -0.4 is 10.1 Å². The van der Waals surface area contributed by atoms with Crippen LogP contribution in [0.15, 0.2) is 46.9 Å². The second-order valence-corrected chi connectivity index (χ2v) is 6.83. The zero-order valence-electron chi connectivity index (χ0n) is 14.2. The van der Waals surface area contributed by atoms with Gasteiger partial charge in [-0.25, -0.2) is 4.39 Å². The lowest BCUT2D eigenvalue weighted by molar-refractivity contribution is -0.127. The van der Waals surface area contributed by atoms with Gasteiger partial charge in [0.05, 0.1) is 0 Å². The molecule has 3 rings (SSSR count). The van der Waals surface area contributed by atoms with Gasteiger partial charge in [-0.1, -0.05) is 22.9 Å². The van der Waals surface area contributed by atoms with E-state index in [2.05, 4.69) is 21.2 Å². The lowest BCUT2D eigenvalue weighted by Crippen LogP contribution is -2.56. The number of carbonyl (C=O) groups is 2. The number of hydrogen-bond acceptors (Lipinski definition) is 3. The number of halogens is 2. The Hall–Kier alpha value is -2.41. The van der Waals surface area contributed by atoms with Gasteiger partial charge in [-0.2, -0.15) is 0 Å². The monoisotopic (exact) mass is 420 g/mol. The van der Waals surface area contributed by atoms with Crippen LogP contribution in [0.25, 0.3) is 0 Å². The predicted molar refractivity (Wildman–Crippen MR) is 98.7 cm³/mol. The normalized spacial score (nSPS) is 17.0. The summed E-state index contributed by atoms with van der Waals surface area (Å²) >= 11 is 3.32. The summed E-state index contributed by atoms with van der Waals surface area (Å²) in [5, 5.41) is 2.74. The minimum absolute atomic E-state index is 0.0345. The van der Waals surface area contributed by atoms with Crippen LogP contribution in [0.2, 0.25) is 0 Å². The number of rotatable bonds is 4. The van der Waals surface area contributed by atoms with E-state index < -0.39 is 11.9 Å². The highest BCUT2D eigenvalue weighted by atomic mass is 79.9. The summed E-state index contributed by atoms with van der Waals surface area (Å²) in [7, 11) is 0. The largest absolute Gasteiger partial charge is 0.454 e. The SMILES string of the molecule is CCC1C(=O)NCCN1C(=O)c1ccc(Oc2ccc(Br)cc2)c(F)c1. The molecule has 1 fully saturated rings. The second-order valence-electron chi connectivity index (χ2n) is 5.91. The zero-order chi connectivity index (χ0) is 18.7. The molecule has 2 amide bonds. The molecule has 136 valence electrons. The van der Waals surface area contributed by atoms with E-state index in [1.165, 1.54) is 17.0 Å². The predicted octanol–water partition coefficient (Wildman–Crippen LogP) is 3.73. The molecule has 1 heterocycles. The van der Waals surface area contributed by atoms with Crippen molar-refractivity contribution in [2.24, 2.45) is 0 Å². The Kier molecular flexibility index (Phi) is 5.56. The highest BCUT2D eigenvalue weighted by Gasteiger charge is 2.32. The van der Waals surface area contributed by atoms with Crippen molar-refractivity contribution in [3.05, 3.63) is 58.3 Å². The van der Waals surface area contributed by atoms with Crippen LogP contribution in [0.1, 0.15) is 23.7 Å². The van der Waals surface area contributed by atoms with Gasteiger partial charge in [-0.15, -0.1) is 0 Å². The maximum atomic E-state index is 14.4. The Morgan fingerprint density at radius 1 is 1.31 bits per heavy atom. The van der Waals surface area contributed by atoms with Crippen LogP contribution >= 0.6 is 15.9 Å². The van der Waals surface area contributed by atoms with Crippen LogP contribution in [0.5, 0.6) is 11.5 Å². The summed E-state index contributed by atoms with van der Waals surface area (Å²) in [5.41, 5.74) is 0.193. The van der Waals surface area contributed by atoms with E-state index in [4.69, 9.17) is 4.74 Å². The van der Waals surface area contributed by atoms with E-state index in [-0.39, 0.29) is 23.1 Å². The van der Waals surface area contributed by atoms with E-state index in [0.717, 1.165) is 10.5 Å². The number of nitrogens with zero attached hydrogens (tertiary/aromatic N) is 1. The molecule has 2 aromatic rings. The molecule has 1 N–H and O–H groups in total. The maximum absolute atomic E-state index is 14.4. The van der Waals surface area contributed by atoms with Crippen LogP contribution in [0.4, 0.5) is 4.39 Å². The number of amides is 2. The van der Waals surface area contributed by atoms with Crippen molar-refractivity contribution < 1.29 is 18.7 Å². The first-order valence-corrected chi connectivity index (χ1v) is 9.10. The fourth-order valence-electron chi connectivity index (χ4n) is 2.88. The molecule has 26 heavy (non-hydrogen) atoms. The molecule has 0 radical (unpaired) electrons. The lowest BCUT2D eigenvalue weighted by atomic mass is 10.1. The van der Waals surface area contributed by atoms with Gasteiger partial charge in [0.1, 0.15) is 11.8 Å². The first-order chi connectivity index (χ1) is 12.5. The van der Waals surface area contributed by atoms with E-state index in [9.17, 15) is 14.0 Å². The number of carbonyl (C=O) groups excluding carboxylic acids is 2. The van der Waals surface area contributed by atoms with Crippen molar-refractivity contribution in [3.8, 4) is 11.5 Å². The Morgan fingerprint density at radius 3 is 2.69 bits per heavy atom. The first kappa shape index (κ1) is 18.4. The third-order valence-corrected chi connectivity index (χ3v) is 4.73. The van der Waals surface area contributed by atoms with Crippen LogP contribution in [0.3, 0.4) is 0 Å². The molecule has 1 aliphatic rings. The van der Waals surface area contributed by atoms with Gasteiger partial charge >= 0.3 is 0 Å². The highest BCUT2D eigenvalue weighted by molar-refractivity contribution is 9.10. The fraction of sp³-hybridized carbons (Fsp3) is 0.263. The van der Waals surface area contributed by atoms with Gasteiger partial charge in [0, 0.05) is 23.1 Å². The summed E-state index contributed by atoms with van der Waals surface area (Å²) < 4.78 is 20.8. The van der Waals surface area contributed by atoms with Crippen molar-refractivity contribution in [3.63, 3.8) is 0 Å². The molecule has 1 unspecified atom stereocenters. The minimum Gasteiger partial charge on any atom is -0.454 e. The molecule has 0 aromatic heterocycles. The van der Waals surface area contributed by atoms with Gasteiger partial charge < -0.3 is 15.0 Å². The zero-order valence-corrected chi connectivity index (χ0v) is 15.8. The van der Waals surface area contributed by atoms with Gasteiger partial charge in [-0.3, -0.25) is 9.59 Å². The molecule has 0 spiro atoms. The van der Waals surface area contributed by atoms with Crippen molar-refractivity contribution in [1.29, 1.82) is 0 Å². The average Bonchev–Trinajstić information content (AvgIpc) is 2.64. The second kappa shape index (κ2) is 7.86. The molecular formula is C19H18BrFN2O3. The Balaban J connectivity index is 1.79. The Morgan fingerprint density at radius 2 is 2.04 bits per heavy atom. The number of nitrogens with one attached hydrogen (secondary N) is 1. The number of benzene rings is 2. The maximum Gasteiger partial charge on any atom is 0.254 e. The molecule has 1 saturated heterocycles. The van der Waals surface area contributed by atoms with E-state index in [1.54, 1.807) is 24.3 Å². The van der Waals surface area contributed by atoms with Crippen LogP contribution in [-0.2, 0) is 4.79 Å². The molecule has 0 aliphatic carbocycles. The topological polar surface area (TPSA) is 58.6 Å². The third-order valence-electron chi connectivity index (χ3n) is 4.20. The standard InChI is InChI=1S/C19H18BrFN2O3/c1-2-16-18(24)22-9-10-23(16)19(25)12-3-8-17(15(21)11-12)26-14-6-4-13(20)5-7-14/h3-8,11,16H,2,9-10H2,1H3,(H,22,24). The first-order valence-electron chi connectivity index (χ1n) is 8.31. The fourth-order valence-corrected chi connectivity index (χ4v) is 3.14. The molecule has 1 atom stereocenters. The van der Waals surface area contributed by atoms with Crippen molar-refractivity contribution in [2.75, 3.05) is 13.1 Å². The van der Waals surface area contributed by atoms with Crippen LogP contribution in [-0.4, -0.2) is 35.8 Å². The van der Waals surface area contributed by atoms with Crippen LogP contribution in [0, 0.1) is 5.82 Å². The number of hydrogen-bond donors (Lipinski definition) is 1. The molecule has 5 nitrogen and oxygen atoms in total. The van der Waals surface area contributed by atoms with Gasteiger partial charge in [-0.05, 0) is 48.9 Å². The van der Waals surface area contributed by atoms with E-state index in [1.807, 2.05) is 6.92 Å².